The quantitative estimate of drug-likeness (QED) is 0.125. The Morgan fingerprint density at radius 3 is 2.50 bits per heavy atom. The second kappa shape index (κ2) is 15.7. The summed E-state index contributed by atoms with van der Waals surface area (Å²) in [6, 6.07) is -0.0340. The Bertz CT molecular complexity index is 1460. The molecule has 4 aliphatic carbocycles. The van der Waals surface area contributed by atoms with Gasteiger partial charge in [-0.15, -0.1) is 0 Å². The van der Waals surface area contributed by atoms with Crippen molar-refractivity contribution in [3.63, 3.8) is 0 Å². The monoisotopic (exact) mass is 754 g/mol. The third-order valence-corrected chi connectivity index (χ3v) is 15.6. The molecule has 302 valence electrons. The number of amides is 2. The number of hydrogen-bond donors (Lipinski definition) is 2. The van der Waals surface area contributed by atoms with Crippen LogP contribution >= 0.6 is 0 Å². The fraction of sp³-hybridized carbons (Fsp3) is 0.860. The number of alkyl carbamates (subject to hydrolysis) is 1. The lowest BCUT2D eigenvalue weighted by molar-refractivity contribution is -0.272. The Kier molecular flexibility index (Phi) is 11.5. The smallest absolute Gasteiger partial charge is 0.407 e. The molecule has 3 saturated carbocycles. The summed E-state index contributed by atoms with van der Waals surface area (Å²) in [5, 5.41) is 11.7. The van der Waals surface area contributed by atoms with Gasteiger partial charge < -0.3 is 34.3 Å². The summed E-state index contributed by atoms with van der Waals surface area (Å²) in [7, 11) is 0. The number of hydrogen-bond acceptors (Lipinski definition) is 8. The molecule has 13 atom stereocenters. The van der Waals surface area contributed by atoms with Crippen molar-refractivity contribution in [2.75, 3.05) is 19.7 Å². The molecule has 7 rings (SSSR count). The molecule has 0 aromatic heterocycles. The first-order valence-corrected chi connectivity index (χ1v) is 21.4. The Labute approximate surface area is 322 Å². The fourth-order valence-electron chi connectivity index (χ4n) is 12.7. The van der Waals surface area contributed by atoms with Crippen LogP contribution in [0.5, 0.6) is 0 Å². The first-order valence-electron chi connectivity index (χ1n) is 21.4. The molecule has 0 aromatic carbocycles. The number of ether oxygens (including phenoxy) is 4. The van der Waals surface area contributed by atoms with Gasteiger partial charge >= 0.3 is 18.0 Å². The SMILES string of the molecule is C[C@@H]1CC[C@@]2(OC1)O[C@H]1C[C@H]3[C@@H]4CC=C5C[C@@H](OC(=O)NCCCCCC(=O)N6C[C@H](OC(=O)CCC(=O)O)C[C@H]6C)CC[C@]5(C)[C@H]4CC[C@]3(C)[C@H]1[C@@H]2C. The number of allylic oxidation sites excluding steroid dienone is 1. The number of carboxylic acids is 1. The predicted octanol–water partition coefficient (Wildman–Crippen LogP) is 7.41. The van der Waals surface area contributed by atoms with Crippen molar-refractivity contribution in [3.8, 4) is 0 Å². The van der Waals surface area contributed by atoms with Gasteiger partial charge in [0.2, 0.25) is 5.91 Å². The molecule has 0 aromatic rings. The molecule has 0 radical (unpaired) electrons. The van der Waals surface area contributed by atoms with E-state index < -0.39 is 18.0 Å². The number of nitrogens with zero attached hydrogens (tertiary/aromatic N) is 1. The van der Waals surface area contributed by atoms with Crippen LogP contribution in [0.3, 0.4) is 0 Å². The number of aliphatic carboxylic acids is 1. The highest BCUT2D eigenvalue weighted by atomic mass is 16.7. The van der Waals surface area contributed by atoms with Crippen molar-refractivity contribution in [1.29, 1.82) is 0 Å². The molecule has 3 aliphatic heterocycles. The molecular formula is C43H66N2O9. The molecule has 0 unspecified atom stereocenters. The molecule has 7 aliphatic rings. The van der Waals surface area contributed by atoms with E-state index in [1.165, 1.54) is 31.3 Å². The summed E-state index contributed by atoms with van der Waals surface area (Å²) in [5.41, 5.74) is 1.98. The minimum atomic E-state index is -1.04. The van der Waals surface area contributed by atoms with Gasteiger partial charge in [0.05, 0.1) is 32.1 Å². The van der Waals surface area contributed by atoms with E-state index in [0.29, 0.717) is 79.4 Å². The topological polar surface area (TPSA) is 141 Å². The zero-order valence-corrected chi connectivity index (χ0v) is 33.4. The van der Waals surface area contributed by atoms with Crippen LogP contribution in [-0.2, 0) is 33.3 Å². The lowest BCUT2D eigenvalue weighted by atomic mass is 9.47. The lowest BCUT2D eigenvalue weighted by Gasteiger charge is -2.58. The van der Waals surface area contributed by atoms with Gasteiger partial charge in [-0.2, -0.15) is 0 Å². The standard InChI is InChI=1S/C43H66N2O9/c1-26-14-19-43(51-25-26)28(3)39-35(54-43)23-34-32-11-10-29-22-30(15-17-41(29,4)33(32)16-18-42(34,39)5)53-40(50)44-20-8-6-7-9-36(46)45-24-31(21-27(45)2)52-38(49)13-12-37(47)48/h10,26-28,30-35,39H,6-9,11-25H2,1-5H3,(H,44,50)(H,47,48)/t26-,27-,28+,30+,31-,32-,33+,34+,35+,39+,41+,42+,43-/m1/s1. The maximum Gasteiger partial charge on any atom is 0.407 e. The number of carbonyl (C=O) groups is 4. The molecule has 3 heterocycles. The van der Waals surface area contributed by atoms with Crippen LogP contribution < -0.4 is 5.32 Å². The molecule has 11 nitrogen and oxygen atoms in total. The van der Waals surface area contributed by atoms with Gasteiger partial charge in [-0.05, 0) is 105 Å². The van der Waals surface area contributed by atoms with Crippen molar-refractivity contribution < 1.29 is 43.2 Å². The number of carboxylic acid groups (broad SMARTS) is 1. The van der Waals surface area contributed by atoms with Gasteiger partial charge in [0.15, 0.2) is 5.79 Å². The Morgan fingerprint density at radius 1 is 0.926 bits per heavy atom. The molecular weight excluding hydrogens is 688 g/mol. The van der Waals surface area contributed by atoms with Gasteiger partial charge in [0.1, 0.15) is 12.2 Å². The van der Waals surface area contributed by atoms with Crippen LogP contribution in [0, 0.1) is 46.3 Å². The number of fused-ring (bicyclic) bond motifs is 7. The highest BCUT2D eigenvalue weighted by Gasteiger charge is 2.68. The van der Waals surface area contributed by atoms with Gasteiger partial charge in [0, 0.05) is 44.2 Å². The van der Waals surface area contributed by atoms with Crippen molar-refractivity contribution in [2.24, 2.45) is 46.3 Å². The molecule has 1 spiro atoms. The normalized spacial score (nSPS) is 42.3. The maximum absolute atomic E-state index is 12.8. The van der Waals surface area contributed by atoms with Crippen LogP contribution in [0.1, 0.15) is 137 Å². The van der Waals surface area contributed by atoms with Crippen molar-refractivity contribution >= 4 is 23.9 Å². The molecule has 2 amide bonds. The van der Waals surface area contributed by atoms with Crippen molar-refractivity contribution in [2.45, 2.75) is 167 Å². The van der Waals surface area contributed by atoms with E-state index >= 15 is 0 Å². The van der Waals surface area contributed by atoms with Crippen molar-refractivity contribution in [1.82, 2.24) is 10.2 Å². The average molecular weight is 755 g/mol. The number of unbranched alkanes of at least 4 members (excludes halogenated alkanes) is 2. The summed E-state index contributed by atoms with van der Waals surface area (Å²) in [4.78, 5) is 50.0. The van der Waals surface area contributed by atoms with Gasteiger partial charge in [0.25, 0.3) is 0 Å². The van der Waals surface area contributed by atoms with Gasteiger partial charge in [-0.3, -0.25) is 14.4 Å². The van der Waals surface area contributed by atoms with E-state index in [0.717, 1.165) is 51.6 Å². The van der Waals surface area contributed by atoms with Crippen molar-refractivity contribution in [3.05, 3.63) is 11.6 Å². The van der Waals surface area contributed by atoms with Crippen LogP contribution in [0.2, 0.25) is 0 Å². The predicted molar refractivity (Wildman–Crippen MR) is 201 cm³/mol. The van der Waals surface area contributed by atoms with E-state index in [1.807, 2.05) is 6.92 Å². The molecule has 54 heavy (non-hydrogen) atoms. The van der Waals surface area contributed by atoms with E-state index in [-0.39, 0.29) is 48.2 Å². The van der Waals surface area contributed by atoms with Gasteiger partial charge in [-0.25, -0.2) is 4.79 Å². The zero-order chi connectivity index (χ0) is 38.4. The third kappa shape index (κ3) is 7.58. The van der Waals surface area contributed by atoms with E-state index in [4.69, 9.17) is 24.1 Å². The number of rotatable bonds is 11. The molecule has 3 saturated heterocycles. The largest absolute Gasteiger partial charge is 0.481 e. The van der Waals surface area contributed by atoms with Crippen LogP contribution in [-0.4, -0.2) is 83.8 Å². The summed E-state index contributed by atoms with van der Waals surface area (Å²) in [6.45, 7) is 13.4. The summed E-state index contributed by atoms with van der Waals surface area (Å²) in [5.74, 6) is 1.77. The number of esters is 1. The van der Waals surface area contributed by atoms with E-state index in [1.54, 1.807) is 4.90 Å². The minimum Gasteiger partial charge on any atom is -0.481 e. The van der Waals surface area contributed by atoms with Gasteiger partial charge in [-0.1, -0.05) is 45.8 Å². The van der Waals surface area contributed by atoms with E-state index in [2.05, 4.69) is 39.1 Å². The Morgan fingerprint density at radius 2 is 1.74 bits per heavy atom. The summed E-state index contributed by atoms with van der Waals surface area (Å²) >= 11 is 0. The molecule has 0 bridgehead atoms. The minimum absolute atomic E-state index is 0.0284. The number of carbonyl (C=O) groups excluding carboxylic acids is 3. The summed E-state index contributed by atoms with van der Waals surface area (Å²) < 4.78 is 24.8. The van der Waals surface area contributed by atoms with Crippen LogP contribution in [0.4, 0.5) is 4.79 Å². The van der Waals surface area contributed by atoms with E-state index in [9.17, 15) is 19.2 Å². The first kappa shape index (κ1) is 39.6. The zero-order valence-electron chi connectivity index (χ0n) is 33.4. The first-order chi connectivity index (χ1) is 25.7. The highest BCUT2D eigenvalue weighted by Crippen LogP contribution is 2.70. The molecule has 11 heteroatoms. The second-order valence-corrected chi connectivity index (χ2v) is 18.9. The van der Waals surface area contributed by atoms with Crippen LogP contribution in [0.15, 0.2) is 11.6 Å². The Hall–Kier alpha value is -2.66. The Balaban J connectivity index is 0.818. The third-order valence-electron chi connectivity index (χ3n) is 15.6. The maximum atomic E-state index is 12.8. The number of likely N-dealkylation sites (tertiary alicyclic amines) is 1. The summed E-state index contributed by atoms with van der Waals surface area (Å²) in [6.07, 6.45) is 14.7. The van der Waals surface area contributed by atoms with Crippen LogP contribution in [0.25, 0.3) is 0 Å². The number of nitrogens with one attached hydrogen (secondary N) is 1. The highest BCUT2D eigenvalue weighted by molar-refractivity contribution is 5.78. The molecule has 6 fully saturated rings. The average Bonchev–Trinajstić information content (AvgIpc) is 3.74. The lowest BCUT2D eigenvalue weighted by Crippen LogP contribution is -2.52. The second-order valence-electron chi connectivity index (χ2n) is 18.9. The molecule has 2 N–H and O–H groups in total. The fourth-order valence-corrected chi connectivity index (χ4v) is 12.7.